The van der Waals surface area contributed by atoms with Gasteiger partial charge in [0.15, 0.2) is 0 Å². The zero-order chi connectivity index (χ0) is 18.7. The van der Waals surface area contributed by atoms with Gasteiger partial charge < -0.3 is 9.80 Å². The molecule has 1 aliphatic heterocycles. The number of rotatable bonds is 2. The molecule has 23 heavy (non-hydrogen) atoms. The summed E-state index contributed by atoms with van der Waals surface area (Å²) in [5.41, 5.74) is 1.31. The third kappa shape index (κ3) is 12.7. The van der Waals surface area contributed by atoms with Crippen LogP contribution in [0.15, 0.2) is 18.3 Å². The normalized spacial score (nSPS) is 12.9. The fourth-order valence-corrected chi connectivity index (χ4v) is 1.85. The largest absolute Gasteiger partial charge is 0.354 e. The number of halogens is 1. The van der Waals surface area contributed by atoms with Gasteiger partial charge in [-0.15, -0.1) is 0 Å². The summed E-state index contributed by atoms with van der Waals surface area (Å²) in [5.74, 6) is 1.13. The number of hydrogen-bond acceptors (Lipinski definition) is 3. The van der Waals surface area contributed by atoms with Gasteiger partial charge in [0.25, 0.3) is 0 Å². The van der Waals surface area contributed by atoms with Crippen molar-refractivity contribution in [2.24, 2.45) is 0 Å². The van der Waals surface area contributed by atoms with Crippen LogP contribution in [0.5, 0.6) is 0 Å². The van der Waals surface area contributed by atoms with Gasteiger partial charge >= 0.3 is 0 Å². The van der Waals surface area contributed by atoms with Gasteiger partial charge in [-0.05, 0) is 30.0 Å². The van der Waals surface area contributed by atoms with E-state index in [0.717, 1.165) is 38.4 Å². The van der Waals surface area contributed by atoms with Crippen LogP contribution in [0.25, 0.3) is 0 Å². The molecule has 1 aromatic rings. The van der Waals surface area contributed by atoms with Crippen LogP contribution in [-0.2, 0) is 6.42 Å². The highest BCUT2D eigenvalue weighted by atomic mass is 127. The Hall–Kier alpha value is -0.360. The van der Waals surface area contributed by atoms with Crippen LogP contribution in [0.4, 0.5) is 5.82 Å². The maximum Gasteiger partial charge on any atom is 0.128 e. The topological polar surface area (TPSA) is 19.4 Å². The van der Waals surface area contributed by atoms with E-state index in [1.54, 1.807) is 0 Å². The fourth-order valence-electron chi connectivity index (χ4n) is 1.85. The third-order valence-corrected chi connectivity index (χ3v) is 3.04. The highest BCUT2D eigenvalue weighted by molar-refractivity contribution is 14.1. The van der Waals surface area contributed by atoms with Crippen molar-refractivity contribution < 1.29 is 0 Å². The van der Waals surface area contributed by atoms with Crippen LogP contribution in [-0.4, -0.2) is 48.0 Å². The molecule has 2 heterocycles. The van der Waals surface area contributed by atoms with E-state index in [1.165, 1.54) is 5.56 Å². The molecule has 0 spiro atoms. The van der Waals surface area contributed by atoms with Crippen LogP contribution < -0.4 is 4.90 Å². The van der Waals surface area contributed by atoms with E-state index in [9.17, 15) is 0 Å². The maximum absolute atomic E-state index is 4.51. The second-order valence-electron chi connectivity index (χ2n) is 4.17. The summed E-state index contributed by atoms with van der Waals surface area (Å²) in [4.78, 5) is 11.2. The quantitative estimate of drug-likeness (QED) is 0.448. The van der Waals surface area contributed by atoms with Gasteiger partial charge in [-0.2, -0.15) is 0 Å². The molecule has 0 aliphatic carbocycles. The van der Waals surface area contributed by atoms with E-state index >= 15 is 0 Å². The first kappa shape index (κ1) is 27.5. The number of likely N-dealkylation sites (N-methyl/N-ethyl adjacent to an activating group) is 1. The predicted molar refractivity (Wildman–Crippen MR) is 117 cm³/mol. The lowest BCUT2D eigenvalue weighted by Crippen LogP contribution is -2.44. The first-order valence-electron chi connectivity index (χ1n) is 9.06. The molecular weight excluding hydrogens is 397 g/mol. The number of anilines is 1. The molecule has 1 saturated heterocycles. The summed E-state index contributed by atoms with van der Waals surface area (Å²) in [6.07, 6.45) is 3.06. The molecule has 2 rings (SSSR count). The van der Waals surface area contributed by atoms with Crippen LogP contribution in [0, 0.1) is 0 Å². The van der Waals surface area contributed by atoms with Gasteiger partial charge in [0.1, 0.15) is 5.82 Å². The van der Waals surface area contributed by atoms with Crippen molar-refractivity contribution in [1.82, 2.24) is 9.88 Å². The number of aryl methyl sites for hydroxylation is 1. The zero-order valence-corrected chi connectivity index (χ0v) is 19.1. The highest BCUT2D eigenvalue weighted by Crippen LogP contribution is 2.13. The molecule has 1 aromatic heterocycles. The SMILES string of the molecule is CC.CC.CC.CCc1ccc(N2CCN(C)CC2)nc1.CI. The second-order valence-corrected chi connectivity index (χ2v) is 4.17. The summed E-state index contributed by atoms with van der Waals surface area (Å²) in [5, 5.41) is 0. The fraction of sp³-hybridized carbons (Fsp3) is 0.737. The molecule has 1 fully saturated rings. The first-order chi connectivity index (χ1) is 11.3. The Kier molecular flexibility index (Phi) is 25.9. The molecule has 0 radical (unpaired) electrons. The lowest BCUT2D eigenvalue weighted by molar-refractivity contribution is 0.312. The molecule has 138 valence electrons. The number of aromatic nitrogens is 1. The van der Waals surface area contributed by atoms with Crippen molar-refractivity contribution in [1.29, 1.82) is 0 Å². The van der Waals surface area contributed by atoms with Crippen molar-refractivity contribution in [3.05, 3.63) is 23.9 Å². The minimum atomic E-state index is 1.07. The Bertz CT molecular complexity index is 307. The van der Waals surface area contributed by atoms with Gasteiger partial charge in [-0.25, -0.2) is 4.98 Å². The molecule has 1 aliphatic rings. The summed E-state index contributed by atoms with van der Waals surface area (Å²) in [7, 11) is 2.17. The van der Waals surface area contributed by atoms with Crippen molar-refractivity contribution in [2.75, 3.05) is 43.1 Å². The molecule has 0 atom stereocenters. The summed E-state index contributed by atoms with van der Waals surface area (Å²) in [6.45, 7) is 18.6. The van der Waals surface area contributed by atoms with Gasteiger partial charge in [0.2, 0.25) is 0 Å². The summed E-state index contributed by atoms with van der Waals surface area (Å²) >= 11 is 2.15. The standard InChI is InChI=1S/C12H19N3.3C2H6.CH3I/c1-3-11-4-5-12(13-10-11)15-8-6-14(2)7-9-15;4*1-2/h4-5,10H,3,6-9H2,1-2H3;3*1-2H3;1H3. The Morgan fingerprint density at radius 3 is 1.74 bits per heavy atom. The van der Waals surface area contributed by atoms with Gasteiger partial charge in [0, 0.05) is 32.4 Å². The molecular formula is C19H40IN3. The monoisotopic (exact) mass is 437 g/mol. The Balaban J connectivity index is -0.000000438. The number of pyridine rings is 1. The average molecular weight is 437 g/mol. The zero-order valence-electron chi connectivity index (χ0n) is 17.0. The van der Waals surface area contributed by atoms with Crippen LogP contribution in [0.3, 0.4) is 0 Å². The third-order valence-electron chi connectivity index (χ3n) is 3.04. The maximum atomic E-state index is 4.51. The lowest BCUT2D eigenvalue weighted by atomic mass is 10.2. The number of piperazine rings is 1. The molecule has 0 saturated carbocycles. The second kappa shape index (κ2) is 21.6. The Morgan fingerprint density at radius 2 is 1.39 bits per heavy atom. The average Bonchev–Trinajstić information content (AvgIpc) is 2.69. The molecule has 0 unspecified atom stereocenters. The number of alkyl halides is 1. The number of nitrogens with zero attached hydrogens (tertiary/aromatic N) is 3. The van der Waals surface area contributed by atoms with Gasteiger partial charge in [0.05, 0.1) is 0 Å². The lowest BCUT2D eigenvalue weighted by Gasteiger charge is -2.33. The molecule has 0 bridgehead atoms. The van der Waals surface area contributed by atoms with Crippen molar-refractivity contribution in [2.45, 2.75) is 54.9 Å². The molecule has 0 amide bonds. The molecule has 4 heteroatoms. The van der Waals surface area contributed by atoms with Gasteiger partial charge in [-0.3, -0.25) is 0 Å². The van der Waals surface area contributed by atoms with E-state index < -0.39 is 0 Å². The Morgan fingerprint density at radius 1 is 0.913 bits per heavy atom. The van der Waals surface area contributed by atoms with Gasteiger partial charge in [-0.1, -0.05) is 77.1 Å². The van der Waals surface area contributed by atoms with Crippen molar-refractivity contribution in [3.8, 4) is 0 Å². The van der Waals surface area contributed by atoms with Crippen molar-refractivity contribution >= 4 is 28.4 Å². The number of hydrogen-bond donors (Lipinski definition) is 0. The van der Waals surface area contributed by atoms with Crippen LogP contribution in [0.1, 0.15) is 54.0 Å². The van der Waals surface area contributed by atoms with E-state index in [0.29, 0.717) is 0 Å². The van der Waals surface area contributed by atoms with Crippen molar-refractivity contribution in [3.63, 3.8) is 0 Å². The smallest absolute Gasteiger partial charge is 0.128 e. The minimum absolute atomic E-state index is 1.07. The molecule has 0 aromatic carbocycles. The van der Waals surface area contributed by atoms with E-state index in [1.807, 2.05) is 52.7 Å². The molecule has 3 nitrogen and oxygen atoms in total. The Labute approximate surface area is 160 Å². The summed E-state index contributed by atoms with van der Waals surface area (Å²) < 4.78 is 0. The first-order valence-corrected chi connectivity index (χ1v) is 11.2. The summed E-state index contributed by atoms with van der Waals surface area (Å²) in [6, 6.07) is 4.32. The predicted octanol–water partition coefficient (Wildman–Crippen LogP) is 5.53. The van der Waals surface area contributed by atoms with E-state index in [4.69, 9.17) is 0 Å². The van der Waals surface area contributed by atoms with E-state index in [-0.39, 0.29) is 0 Å². The van der Waals surface area contributed by atoms with E-state index in [2.05, 4.69) is 63.5 Å². The minimum Gasteiger partial charge on any atom is -0.354 e. The highest BCUT2D eigenvalue weighted by Gasteiger charge is 2.14. The van der Waals surface area contributed by atoms with Crippen LogP contribution in [0.2, 0.25) is 0 Å². The molecule has 0 N–H and O–H groups in total. The van der Waals surface area contributed by atoms with Crippen LogP contribution >= 0.6 is 22.6 Å².